The summed E-state index contributed by atoms with van der Waals surface area (Å²) in [6.07, 6.45) is -0.956. The molecule has 0 aromatic heterocycles. The predicted octanol–water partition coefficient (Wildman–Crippen LogP) is 1.08. The minimum atomic E-state index is -0.665. The maximum absolute atomic E-state index is 12.0. The van der Waals surface area contributed by atoms with Gasteiger partial charge in [-0.1, -0.05) is 12.1 Å². The second kappa shape index (κ2) is 6.25. The van der Waals surface area contributed by atoms with Crippen LogP contribution in [0.1, 0.15) is 20.7 Å². The summed E-state index contributed by atoms with van der Waals surface area (Å²) >= 11 is 0. The van der Waals surface area contributed by atoms with Crippen molar-refractivity contribution in [2.45, 2.75) is 6.10 Å². The van der Waals surface area contributed by atoms with E-state index in [1.807, 2.05) is 0 Å². The van der Waals surface area contributed by atoms with Crippen LogP contribution in [0.25, 0.3) is 0 Å². The van der Waals surface area contributed by atoms with Gasteiger partial charge >= 0.3 is 18.0 Å². The minimum absolute atomic E-state index is 0.0651. The summed E-state index contributed by atoms with van der Waals surface area (Å²) in [6, 6.07) is 6.19. The molecule has 1 unspecified atom stereocenters. The highest BCUT2D eigenvalue weighted by Crippen LogP contribution is 2.14. The van der Waals surface area contributed by atoms with E-state index in [4.69, 9.17) is 9.47 Å². The lowest BCUT2D eigenvalue weighted by atomic mass is 10.1. The molecule has 1 amide bonds. The van der Waals surface area contributed by atoms with E-state index in [0.29, 0.717) is 6.54 Å². The zero-order valence-corrected chi connectivity index (χ0v) is 11.7. The molecule has 1 fully saturated rings. The molecule has 0 bridgehead atoms. The first-order valence-corrected chi connectivity index (χ1v) is 6.29. The fourth-order valence-electron chi connectivity index (χ4n) is 1.93. The molecule has 1 aromatic carbocycles. The number of hydrogen-bond donors (Lipinski definition) is 0. The van der Waals surface area contributed by atoms with Gasteiger partial charge in [-0.3, -0.25) is 0 Å². The lowest BCUT2D eigenvalue weighted by Crippen LogP contribution is -2.24. The van der Waals surface area contributed by atoms with Crippen LogP contribution in [0.15, 0.2) is 24.3 Å². The Labute approximate surface area is 121 Å². The lowest BCUT2D eigenvalue weighted by molar-refractivity contribution is 0.0295. The number of cyclic esters (lactones) is 1. The molecular formula is C14H15NO6. The third-order valence-electron chi connectivity index (χ3n) is 3.01. The molecule has 112 valence electrons. The highest BCUT2D eigenvalue weighted by molar-refractivity contribution is 6.03. The van der Waals surface area contributed by atoms with Gasteiger partial charge in [0.05, 0.1) is 24.8 Å². The van der Waals surface area contributed by atoms with E-state index in [0.717, 1.165) is 0 Å². The molecule has 0 N–H and O–H groups in total. The van der Waals surface area contributed by atoms with Crippen LogP contribution in [-0.4, -0.2) is 56.3 Å². The van der Waals surface area contributed by atoms with Crippen LogP contribution in [0.2, 0.25) is 0 Å². The van der Waals surface area contributed by atoms with Crippen molar-refractivity contribution < 1.29 is 28.6 Å². The number of amides is 1. The maximum Gasteiger partial charge on any atom is 0.410 e. The van der Waals surface area contributed by atoms with E-state index >= 15 is 0 Å². The van der Waals surface area contributed by atoms with Gasteiger partial charge in [0, 0.05) is 7.05 Å². The number of rotatable bonds is 4. The lowest BCUT2D eigenvalue weighted by Gasteiger charge is -2.11. The Morgan fingerprint density at radius 1 is 1.29 bits per heavy atom. The number of carbonyl (C=O) groups is 3. The van der Waals surface area contributed by atoms with Crippen molar-refractivity contribution in [1.82, 2.24) is 4.90 Å². The first-order chi connectivity index (χ1) is 10.0. The smallest absolute Gasteiger partial charge is 0.410 e. The van der Waals surface area contributed by atoms with E-state index in [9.17, 15) is 14.4 Å². The van der Waals surface area contributed by atoms with Gasteiger partial charge in [0.1, 0.15) is 6.61 Å². The van der Waals surface area contributed by atoms with Gasteiger partial charge in [-0.15, -0.1) is 0 Å². The van der Waals surface area contributed by atoms with Crippen LogP contribution in [0.5, 0.6) is 0 Å². The van der Waals surface area contributed by atoms with Crippen molar-refractivity contribution in [2.75, 3.05) is 27.3 Å². The Balaban J connectivity index is 2.01. The number of esters is 2. The van der Waals surface area contributed by atoms with E-state index in [2.05, 4.69) is 4.74 Å². The SMILES string of the molecule is COC(=O)c1ccccc1C(=O)OCC1CN(C)C(=O)O1. The third kappa shape index (κ3) is 3.31. The largest absolute Gasteiger partial charge is 0.465 e. The maximum atomic E-state index is 12.0. The third-order valence-corrected chi connectivity index (χ3v) is 3.01. The molecule has 0 spiro atoms. The topological polar surface area (TPSA) is 82.1 Å². The van der Waals surface area contributed by atoms with Gasteiger partial charge < -0.3 is 19.1 Å². The van der Waals surface area contributed by atoms with Crippen molar-refractivity contribution in [2.24, 2.45) is 0 Å². The summed E-state index contributed by atoms with van der Waals surface area (Å²) in [5.74, 6) is -1.28. The van der Waals surface area contributed by atoms with Gasteiger partial charge in [-0.25, -0.2) is 14.4 Å². The molecule has 2 rings (SSSR count). The fourth-order valence-corrected chi connectivity index (χ4v) is 1.93. The molecule has 7 heteroatoms. The van der Waals surface area contributed by atoms with Gasteiger partial charge in [0.2, 0.25) is 0 Å². The molecule has 0 radical (unpaired) electrons. The van der Waals surface area contributed by atoms with Crippen molar-refractivity contribution >= 4 is 18.0 Å². The summed E-state index contributed by atoms with van der Waals surface area (Å²) in [7, 11) is 2.83. The van der Waals surface area contributed by atoms with Crippen molar-refractivity contribution in [3.8, 4) is 0 Å². The van der Waals surface area contributed by atoms with Crippen LogP contribution in [-0.2, 0) is 14.2 Å². The van der Waals surface area contributed by atoms with Crippen LogP contribution in [0, 0.1) is 0 Å². The monoisotopic (exact) mass is 293 g/mol. The predicted molar refractivity (Wildman–Crippen MR) is 71.0 cm³/mol. The molecule has 1 aromatic rings. The van der Waals surface area contributed by atoms with Crippen molar-refractivity contribution in [1.29, 1.82) is 0 Å². The number of nitrogens with zero attached hydrogens (tertiary/aromatic N) is 1. The van der Waals surface area contributed by atoms with Crippen LogP contribution < -0.4 is 0 Å². The van der Waals surface area contributed by atoms with Gasteiger partial charge in [0.15, 0.2) is 6.10 Å². The summed E-state index contributed by atoms with van der Waals surface area (Å²) < 4.78 is 14.7. The summed E-state index contributed by atoms with van der Waals surface area (Å²) in [6.45, 7) is 0.287. The molecule has 1 atom stereocenters. The molecule has 0 saturated carbocycles. The minimum Gasteiger partial charge on any atom is -0.465 e. The quantitative estimate of drug-likeness (QED) is 0.610. The average molecular weight is 293 g/mol. The average Bonchev–Trinajstić information content (AvgIpc) is 2.82. The summed E-state index contributed by atoms with van der Waals surface area (Å²) in [5, 5.41) is 0. The first kappa shape index (κ1) is 14.8. The van der Waals surface area contributed by atoms with E-state index in [1.54, 1.807) is 19.2 Å². The van der Waals surface area contributed by atoms with Crippen LogP contribution in [0.3, 0.4) is 0 Å². The number of likely N-dealkylation sites (N-methyl/N-ethyl adjacent to an activating group) is 1. The fraction of sp³-hybridized carbons (Fsp3) is 0.357. The second-order valence-corrected chi connectivity index (χ2v) is 4.52. The van der Waals surface area contributed by atoms with Gasteiger partial charge in [-0.05, 0) is 12.1 Å². The number of hydrogen-bond acceptors (Lipinski definition) is 6. The van der Waals surface area contributed by atoms with Crippen molar-refractivity contribution in [3.63, 3.8) is 0 Å². The molecule has 0 aliphatic carbocycles. The van der Waals surface area contributed by atoms with E-state index < -0.39 is 24.1 Å². The number of methoxy groups -OCH3 is 1. The summed E-state index contributed by atoms with van der Waals surface area (Å²) in [5.41, 5.74) is 0.243. The van der Waals surface area contributed by atoms with Gasteiger partial charge in [-0.2, -0.15) is 0 Å². The summed E-state index contributed by atoms with van der Waals surface area (Å²) in [4.78, 5) is 36.2. The normalized spacial score (nSPS) is 17.3. The highest BCUT2D eigenvalue weighted by atomic mass is 16.6. The Morgan fingerprint density at radius 2 is 1.90 bits per heavy atom. The molecule has 21 heavy (non-hydrogen) atoms. The number of benzene rings is 1. The Bertz CT molecular complexity index is 570. The van der Waals surface area contributed by atoms with E-state index in [-0.39, 0.29) is 17.7 Å². The molecule has 1 heterocycles. The Morgan fingerprint density at radius 3 is 2.43 bits per heavy atom. The van der Waals surface area contributed by atoms with Gasteiger partial charge in [0.25, 0.3) is 0 Å². The second-order valence-electron chi connectivity index (χ2n) is 4.52. The molecular weight excluding hydrogens is 278 g/mol. The number of carbonyl (C=O) groups excluding carboxylic acids is 3. The van der Waals surface area contributed by atoms with Crippen LogP contribution >= 0.6 is 0 Å². The zero-order chi connectivity index (χ0) is 15.4. The van der Waals surface area contributed by atoms with Crippen molar-refractivity contribution in [3.05, 3.63) is 35.4 Å². The Kier molecular flexibility index (Phi) is 4.42. The Hall–Kier alpha value is -2.57. The first-order valence-electron chi connectivity index (χ1n) is 6.29. The molecule has 1 aliphatic rings. The highest BCUT2D eigenvalue weighted by Gasteiger charge is 2.29. The standard InChI is InChI=1S/C14H15NO6/c1-15-7-9(21-14(15)18)8-20-13(17)11-6-4-3-5-10(11)12(16)19-2/h3-6,9H,7-8H2,1-2H3. The molecule has 7 nitrogen and oxygen atoms in total. The molecule has 1 aliphatic heterocycles. The zero-order valence-electron chi connectivity index (χ0n) is 11.7. The van der Waals surface area contributed by atoms with Crippen LogP contribution in [0.4, 0.5) is 4.79 Å². The van der Waals surface area contributed by atoms with E-state index in [1.165, 1.54) is 24.1 Å². The number of ether oxygens (including phenoxy) is 3. The molecule has 1 saturated heterocycles.